The van der Waals surface area contributed by atoms with Crippen LogP contribution in [-0.4, -0.2) is 23.3 Å². The second-order valence-corrected chi connectivity index (χ2v) is 6.90. The number of hydrogen-bond donors (Lipinski definition) is 1. The molecule has 0 aromatic carbocycles. The molecule has 140 valence electrons. The number of aromatic nitrogens is 1. The van der Waals surface area contributed by atoms with E-state index < -0.39 is 11.8 Å². The van der Waals surface area contributed by atoms with Crippen LogP contribution >= 0.6 is 0 Å². The largest absolute Gasteiger partial charge is 0.462 e. The average molecular weight is 366 g/mol. The molecule has 2 aromatic heterocycles. The zero-order valence-electron chi connectivity index (χ0n) is 15.9. The minimum atomic E-state index is -0.487. The number of allylic oxidation sites excluding steroid dienone is 1. The predicted octanol–water partition coefficient (Wildman–Crippen LogP) is 4.31. The van der Waals surface area contributed by atoms with Gasteiger partial charge in [-0.25, -0.2) is 4.79 Å². The summed E-state index contributed by atoms with van der Waals surface area (Å²) in [5, 5.41) is 9.46. The standard InChI is InChI=1S/C21H22N2O4/c1-5-26-21(25)18-12(3)19(23-13(18)4)20(24)14(10-22)9-15-6-7-17(27-15)16-8-11(16)2/h6-7,9,11,16,23H,5,8H2,1-4H3/b14-9+/t11-,16+/m0/s1. The van der Waals surface area contributed by atoms with Gasteiger partial charge in [-0.3, -0.25) is 4.79 Å². The Morgan fingerprint density at radius 3 is 2.70 bits per heavy atom. The molecule has 6 nitrogen and oxygen atoms in total. The van der Waals surface area contributed by atoms with Crippen LogP contribution in [0, 0.1) is 31.1 Å². The van der Waals surface area contributed by atoms with Gasteiger partial charge in [-0.1, -0.05) is 6.92 Å². The Balaban J connectivity index is 1.89. The molecule has 1 fully saturated rings. The maximum Gasteiger partial charge on any atom is 0.340 e. The number of aryl methyl sites for hydroxylation is 1. The van der Waals surface area contributed by atoms with Crippen LogP contribution in [0.2, 0.25) is 0 Å². The summed E-state index contributed by atoms with van der Waals surface area (Å²) in [5.74, 6) is 1.42. The first-order chi connectivity index (χ1) is 12.9. The number of aromatic amines is 1. The molecule has 2 aromatic rings. The zero-order chi connectivity index (χ0) is 19.7. The Bertz CT molecular complexity index is 971. The summed E-state index contributed by atoms with van der Waals surface area (Å²) in [5.41, 5.74) is 1.50. The van der Waals surface area contributed by atoms with Gasteiger partial charge in [-0.2, -0.15) is 5.26 Å². The van der Waals surface area contributed by atoms with Crippen molar-refractivity contribution in [2.24, 2.45) is 5.92 Å². The van der Waals surface area contributed by atoms with Crippen LogP contribution in [0.3, 0.4) is 0 Å². The van der Waals surface area contributed by atoms with Crippen LogP contribution in [-0.2, 0) is 4.74 Å². The highest BCUT2D eigenvalue weighted by atomic mass is 16.5. The molecule has 1 N–H and O–H groups in total. The molecule has 3 rings (SSSR count). The van der Waals surface area contributed by atoms with Crippen LogP contribution in [0.1, 0.15) is 69.8 Å². The van der Waals surface area contributed by atoms with Gasteiger partial charge in [0.1, 0.15) is 23.2 Å². The number of ketones is 1. The molecule has 0 unspecified atom stereocenters. The number of esters is 1. The second kappa shape index (κ2) is 7.28. The lowest BCUT2D eigenvalue weighted by Crippen LogP contribution is -2.08. The fourth-order valence-electron chi connectivity index (χ4n) is 3.28. The van der Waals surface area contributed by atoms with Crippen molar-refractivity contribution in [3.05, 3.63) is 51.7 Å². The lowest BCUT2D eigenvalue weighted by Gasteiger charge is -2.02. The summed E-state index contributed by atoms with van der Waals surface area (Å²) in [6.07, 6.45) is 2.54. The first-order valence-electron chi connectivity index (χ1n) is 8.99. The third-order valence-electron chi connectivity index (χ3n) is 4.92. The third-order valence-corrected chi connectivity index (χ3v) is 4.92. The lowest BCUT2D eigenvalue weighted by atomic mass is 10.0. The molecule has 1 aliphatic rings. The number of ether oxygens (including phenoxy) is 1. The number of Topliss-reactive ketones (excluding diaryl/α,β-unsaturated/α-hetero) is 1. The topological polar surface area (TPSA) is 96.1 Å². The van der Waals surface area contributed by atoms with Crippen LogP contribution in [0.4, 0.5) is 0 Å². The van der Waals surface area contributed by atoms with Crippen molar-refractivity contribution in [1.82, 2.24) is 4.98 Å². The smallest absolute Gasteiger partial charge is 0.340 e. The van der Waals surface area contributed by atoms with Gasteiger partial charge in [0.25, 0.3) is 0 Å². The number of nitrogens with zero attached hydrogens (tertiary/aromatic N) is 1. The van der Waals surface area contributed by atoms with Crippen LogP contribution < -0.4 is 0 Å². The fourth-order valence-corrected chi connectivity index (χ4v) is 3.28. The molecule has 2 heterocycles. The second-order valence-electron chi connectivity index (χ2n) is 6.90. The van der Waals surface area contributed by atoms with E-state index in [9.17, 15) is 14.9 Å². The van der Waals surface area contributed by atoms with Gasteiger partial charge in [0.2, 0.25) is 5.78 Å². The summed E-state index contributed by atoms with van der Waals surface area (Å²) in [7, 11) is 0. The number of nitriles is 1. The molecule has 1 aliphatic carbocycles. The minimum absolute atomic E-state index is 0.0560. The molecule has 27 heavy (non-hydrogen) atoms. The summed E-state index contributed by atoms with van der Waals surface area (Å²) < 4.78 is 10.8. The number of nitrogens with one attached hydrogen (secondary N) is 1. The summed E-state index contributed by atoms with van der Waals surface area (Å²) in [6, 6.07) is 5.59. The predicted molar refractivity (Wildman–Crippen MR) is 99.4 cm³/mol. The van der Waals surface area contributed by atoms with E-state index in [4.69, 9.17) is 9.15 Å². The molecule has 0 bridgehead atoms. The van der Waals surface area contributed by atoms with Crippen molar-refractivity contribution in [1.29, 1.82) is 5.26 Å². The van der Waals surface area contributed by atoms with Crippen LogP contribution in [0.15, 0.2) is 22.1 Å². The van der Waals surface area contributed by atoms with Crippen LogP contribution in [0.5, 0.6) is 0 Å². The van der Waals surface area contributed by atoms with Crippen molar-refractivity contribution < 1.29 is 18.7 Å². The molecule has 0 saturated heterocycles. The minimum Gasteiger partial charge on any atom is -0.462 e. The molecular formula is C21H22N2O4. The maximum atomic E-state index is 12.8. The van der Waals surface area contributed by atoms with Crippen molar-refractivity contribution in [3.8, 4) is 6.07 Å². The summed E-state index contributed by atoms with van der Waals surface area (Å²) >= 11 is 0. The lowest BCUT2D eigenvalue weighted by molar-refractivity contribution is 0.0525. The third kappa shape index (κ3) is 3.59. The van der Waals surface area contributed by atoms with Gasteiger partial charge in [-0.05, 0) is 50.8 Å². The number of rotatable bonds is 6. The number of H-pyrrole nitrogens is 1. The highest BCUT2D eigenvalue weighted by Gasteiger charge is 2.36. The van der Waals surface area contributed by atoms with Crippen molar-refractivity contribution in [2.75, 3.05) is 6.61 Å². The number of furan rings is 1. The number of carbonyl (C=O) groups excluding carboxylic acids is 2. The van der Waals surface area contributed by atoms with Crippen LogP contribution in [0.25, 0.3) is 6.08 Å². The zero-order valence-corrected chi connectivity index (χ0v) is 15.9. The number of hydrogen-bond acceptors (Lipinski definition) is 5. The SMILES string of the molecule is CCOC(=O)c1c(C)[nH]c(C(=O)/C(C#N)=C/c2ccc([C@@H]3C[C@@H]3C)o2)c1C. The van der Waals surface area contributed by atoms with E-state index in [2.05, 4.69) is 11.9 Å². The Morgan fingerprint density at radius 1 is 1.41 bits per heavy atom. The molecule has 0 aliphatic heterocycles. The molecule has 0 amide bonds. The fraction of sp³-hybridized carbons (Fsp3) is 0.381. The van der Waals surface area contributed by atoms with E-state index in [1.807, 2.05) is 12.1 Å². The molecular weight excluding hydrogens is 344 g/mol. The molecule has 2 atom stereocenters. The summed E-state index contributed by atoms with van der Waals surface area (Å²) in [6.45, 7) is 7.48. The Labute approximate surface area is 157 Å². The average Bonchev–Trinajstić information content (AvgIpc) is 3.04. The highest BCUT2D eigenvalue weighted by molar-refractivity contribution is 6.15. The van der Waals surface area contributed by atoms with Gasteiger partial charge < -0.3 is 14.1 Å². The van der Waals surface area contributed by atoms with E-state index in [0.717, 1.165) is 12.2 Å². The van der Waals surface area contributed by atoms with E-state index >= 15 is 0 Å². The van der Waals surface area contributed by atoms with Gasteiger partial charge in [0.15, 0.2) is 0 Å². The maximum absolute atomic E-state index is 12.8. The first-order valence-corrected chi connectivity index (χ1v) is 8.99. The van der Waals surface area contributed by atoms with Gasteiger partial charge in [0.05, 0.1) is 17.9 Å². The van der Waals surface area contributed by atoms with Crippen molar-refractivity contribution in [3.63, 3.8) is 0 Å². The number of carbonyl (C=O) groups is 2. The van der Waals surface area contributed by atoms with E-state index in [1.54, 1.807) is 26.8 Å². The molecule has 0 spiro atoms. The van der Waals surface area contributed by atoms with E-state index in [0.29, 0.717) is 34.4 Å². The van der Waals surface area contributed by atoms with Crippen molar-refractivity contribution in [2.45, 2.75) is 40.0 Å². The molecule has 1 saturated carbocycles. The van der Waals surface area contributed by atoms with E-state index in [1.165, 1.54) is 6.08 Å². The van der Waals surface area contributed by atoms with E-state index in [-0.39, 0.29) is 17.9 Å². The van der Waals surface area contributed by atoms with Gasteiger partial charge in [0, 0.05) is 17.7 Å². The van der Waals surface area contributed by atoms with Gasteiger partial charge >= 0.3 is 5.97 Å². The normalized spacial score (nSPS) is 18.9. The quantitative estimate of drug-likeness (QED) is 0.355. The van der Waals surface area contributed by atoms with Crippen molar-refractivity contribution >= 4 is 17.8 Å². The first kappa shape index (κ1) is 18.7. The summed E-state index contributed by atoms with van der Waals surface area (Å²) in [4.78, 5) is 27.9. The molecule has 6 heteroatoms. The van der Waals surface area contributed by atoms with Gasteiger partial charge in [-0.15, -0.1) is 0 Å². The monoisotopic (exact) mass is 366 g/mol. The highest BCUT2D eigenvalue weighted by Crippen LogP contribution is 2.47. The Hall–Kier alpha value is -3.07. The Kier molecular flexibility index (Phi) is 5.04. The Morgan fingerprint density at radius 2 is 2.11 bits per heavy atom. The molecule has 0 radical (unpaired) electrons.